The lowest BCUT2D eigenvalue weighted by atomic mass is 9.99. The molecule has 28 heavy (non-hydrogen) atoms. The number of amides is 1. The average Bonchev–Trinajstić information content (AvgIpc) is 3.29. The number of nitrogens with one attached hydrogen (secondary N) is 1. The number of H-pyrrole nitrogens is 1. The molecule has 0 radical (unpaired) electrons. The van der Waals surface area contributed by atoms with Crippen molar-refractivity contribution in [3.05, 3.63) is 59.7 Å². The Morgan fingerprint density at radius 2 is 1.93 bits per heavy atom. The van der Waals surface area contributed by atoms with Gasteiger partial charge in [0.1, 0.15) is 0 Å². The van der Waals surface area contributed by atoms with Crippen molar-refractivity contribution in [1.29, 1.82) is 0 Å². The molecule has 0 aliphatic carbocycles. The summed E-state index contributed by atoms with van der Waals surface area (Å²) in [6, 6.07) is 15.4. The van der Waals surface area contributed by atoms with Gasteiger partial charge >= 0.3 is 5.97 Å². The van der Waals surface area contributed by atoms with Gasteiger partial charge in [-0.25, -0.2) is 4.98 Å². The number of carbonyl (C=O) groups excluding carboxylic acids is 1. The monoisotopic (exact) mass is 395 g/mol. The number of thioether (sulfide) groups is 1. The van der Waals surface area contributed by atoms with E-state index in [4.69, 9.17) is 0 Å². The van der Waals surface area contributed by atoms with Crippen LogP contribution in [-0.2, 0) is 10.5 Å². The molecule has 0 saturated carbocycles. The minimum absolute atomic E-state index is 0.0430. The number of aliphatic carboxylic acids is 1. The second kappa shape index (κ2) is 7.67. The van der Waals surface area contributed by atoms with Gasteiger partial charge in [0, 0.05) is 24.4 Å². The molecule has 2 heterocycles. The van der Waals surface area contributed by atoms with E-state index in [2.05, 4.69) is 9.97 Å². The van der Waals surface area contributed by atoms with E-state index >= 15 is 0 Å². The van der Waals surface area contributed by atoms with Crippen molar-refractivity contribution in [2.75, 3.05) is 13.1 Å². The second-order valence-electron chi connectivity index (χ2n) is 7.14. The first-order valence-electron chi connectivity index (χ1n) is 9.20. The van der Waals surface area contributed by atoms with Gasteiger partial charge in [0.25, 0.3) is 5.91 Å². The van der Waals surface area contributed by atoms with Crippen LogP contribution in [0.15, 0.2) is 53.7 Å². The maximum absolute atomic E-state index is 13.0. The van der Waals surface area contributed by atoms with Crippen LogP contribution in [0.2, 0.25) is 0 Å². The van der Waals surface area contributed by atoms with E-state index in [9.17, 15) is 14.7 Å². The molecule has 2 atom stereocenters. The summed E-state index contributed by atoms with van der Waals surface area (Å²) < 4.78 is 0. The van der Waals surface area contributed by atoms with Crippen LogP contribution >= 0.6 is 11.8 Å². The topological polar surface area (TPSA) is 86.3 Å². The fourth-order valence-corrected chi connectivity index (χ4v) is 4.51. The lowest BCUT2D eigenvalue weighted by molar-refractivity contribution is -0.142. The molecule has 6 nitrogen and oxygen atoms in total. The van der Waals surface area contributed by atoms with Crippen LogP contribution in [0.25, 0.3) is 11.0 Å². The van der Waals surface area contributed by atoms with Crippen molar-refractivity contribution in [2.24, 2.45) is 11.8 Å². The maximum atomic E-state index is 13.0. The van der Waals surface area contributed by atoms with Gasteiger partial charge in [0.05, 0.1) is 17.0 Å². The van der Waals surface area contributed by atoms with Crippen LogP contribution in [0.5, 0.6) is 0 Å². The minimum Gasteiger partial charge on any atom is -0.481 e. The van der Waals surface area contributed by atoms with Crippen LogP contribution in [0, 0.1) is 11.8 Å². The van der Waals surface area contributed by atoms with E-state index in [0.717, 1.165) is 21.8 Å². The lowest BCUT2D eigenvalue weighted by Gasteiger charge is -2.18. The number of likely N-dealkylation sites (tertiary alicyclic amines) is 1. The Labute approximate surface area is 167 Å². The van der Waals surface area contributed by atoms with Crippen molar-refractivity contribution < 1.29 is 14.7 Å². The third-order valence-electron chi connectivity index (χ3n) is 5.20. The second-order valence-corrected chi connectivity index (χ2v) is 8.10. The number of fused-ring (bicyclic) bond motifs is 1. The molecule has 0 unspecified atom stereocenters. The smallest absolute Gasteiger partial charge is 0.308 e. The highest BCUT2D eigenvalue weighted by Crippen LogP contribution is 2.28. The number of carboxylic acids is 1. The van der Waals surface area contributed by atoms with Gasteiger partial charge in [-0.05, 0) is 29.7 Å². The van der Waals surface area contributed by atoms with Crippen LogP contribution in [0.1, 0.15) is 22.8 Å². The first-order chi connectivity index (χ1) is 13.5. The molecule has 1 amide bonds. The fourth-order valence-electron chi connectivity index (χ4n) is 3.62. The largest absolute Gasteiger partial charge is 0.481 e. The molecule has 0 bridgehead atoms. The molecule has 4 rings (SSSR count). The Morgan fingerprint density at radius 3 is 2.68 bits per heavy atom. The Hall–Kier alpha value is -2.80. The van der Waals surface area contributed by atoms with Gasteiger partial charge < -0.3 is 15.0 Å². The van der Waals surface area contributed by atoms with E-state index in [0.29, 0.717) is 17.9 Å². The number of carbonyl (C=O) groups is 2. The molecule has 144 valence electrons. The summed E-state index contributed by atoms with van der Waals surface area (Å²) in [6.45, 7) is 2.62. The maximum Gasteiger partial charge on any atom is 0.308 e. The summed E-state index contributed by atoms with van der Waals surface area (Å²) in [6.07, 6.45) is 0. The number of benzene rings is 2. The van der Waals surface area contributed by atoms with E-state index in [1.165, 1.54) is 0 Å². The Kier molecular flexibility index (Phi) is 5.09. The zero-order chi connectivity index (χ0) is 19.7. The number of para-hydroxylation sites is 2. The zero-order valence-electron chi connectivity index (χ0n) is 15.5. The molecule has 2 aromatic carbocycles. The van der Waals surface area contributed by atoms with Crippen molar-refractivity contribution in [1.82, 2.24) is 14.9 Å². The summed E-state index contributed by atoms with van der Waals surface area (Å²) in [5.41, 5.74) is 3.45. The predicted octanol–water partition coefficient (Wildman–Crippen LogP) is 3.65. The van der Waals surface area contributed by atoms with Crippen molar-refractivity contribution >= 4 is 34.7 Å². The summed E-state index contributed by atoms with van der Waals surface area (Å²) >= 11 is 1.55. The van der Waals surface area contributed by atoms with Crippen LogP contribution < -0.4 is 0 Å². The van der Waals surface area contributed by atoms with Gasteiger partial charge in [0.2, 0.25) is 0 Å². The van der Waals surface area contributed by atoms with Gasteiger partial charge in [0.15, 0.2) is 5.16 Å². The molecule has 0 spiro atoms. The van der Waals surface area contributed by atoms with Crippen LogP contribution in [0.3, 0.4) is 0 Å². The number of aromatic amines is 1. The summed E-state index contributed by atoms with van der Waals surface area (Å²) in [5.74, 6) is -0.875. The van der Waals surface area contributed by atoms with Gasteiger partial charge in [-0.1, -0.05) is 49.0 Å². The number of aromatic nitrogens is 2. The molecule has 2 N–H and O–H groups in total. The highest BCUT2D eigenvalue weighted by Gasteiger charge is 2.37. The van der Waals surface area contributed by atoms with E-state index in [1.807, 2.05) is 55.5 Å². The quantitative estimate of drug-likeness (QED) is 0.644. The summed E-state index contributed by atoms with van der Waals surface area (Å²) in [5, 5.41) is 10.1. The van der Waals surface area contributed by atoms with Crippen LogP contribution in [-0.4, -0.2) is 44.9 Å². The van der Waals surface area contributed by atoms with E-state index in [1.54, 1.807) is 16.7 Å². The molecular formula is C21H21N3O3S. The first-order valence-corrected chi connectivity index (χ1v) is 10.2. The van der Waals surface area contributed by atoms with Gasteiger partial charge in [-0.3, -0.25) is 9.59 Å². The number of rotatable bonds is 5. The third-order valence-corrected chi connectivity index (χ3v) is 6.12. The molecule has 1 aromatic heterocycles. The molecule has 1 aliphatic heterocycles. The average molecular weight is 395 g/mol. The number of imidazole rings is 1. The third kappa shape index (κ3) is 3.62. The molecule has 7 heteroatoms. The van der Waals surface area contributed by atoms with E-state index in [-0.39, 0.29) is 18.4 Å². The highest BCUT2D eigenvalue weighted by atomic mass is 32.2. The zero-order valence-corrected chi connectivity index (χ0v) is 16.3. The van der Waals surface area contributed by atoms with Crippen molar-refractivity contribution in [3.63, 3.8) is 0 Å². The minimum atomic E-state index is -0.837. The lowest BCUT2D eigenvalue weighted by Crippen LogP contribution is -2.30. The Bertz CT molecular complexity index is 999. The predicted molar refractivity (Wildman–Crippen MR) is 108 cm³/mol. The Balaban J connectivity index is 1.50. The summed E-state index contributed by atoms with van der Waals surface area (Å²) in [4.78, 5) is 33.9. The van der Waals surface area contributed by atoms with Gasteiger partial charge in [-0.15, -0.1) is 0 Å². The number of carboxylic acid groups (broad SMARTS) is 1. The molecule has 3 aromatic rings. The normalized spacial score (nSPS) is 19.2. The molecule has 1 fully saturated rings. The summed E-state index contributed by atoms with van der Waals surface area (Å²) in [7, 11) is 0. The number of hydrogen-bond acceptors (Lipinski definition) is 4. The molecule has 1 aliphatic rings. The van der Waals surface area contributed by atoms with Gasteiger partial charge in [-0.2, -0.15) is 0 Å². The number of nitrogens with zero attached hydrogens (tertiary/aromatic N) is 2. The Morgan fingerprint density at radius 1 is 1.18 bits per heavy atom. The molecule has 1 saturated heterocycles. The fraction of sp³-hybridized carbons (Fsp3) is 0.286. The highest BCUT2D eigenvalue weighted by molar-refractivity contribution is 7.98. The van der Waals surface area contributed by atoms with Crippen LogP contribution in [0.4, 0.5) is 0 Å². The van der Waals surface area contributed by atoms with Crippen molar-refractivity contribution in [3.8, 4) is 0 Å². The van der Waals surface area contributed by atoms with Crippen molar-refractivity contribution in [2.45, 2.75) is 17.8 Å². The molecular weight excluding hydrogens is 374 g/mol. The number of hydrogen-bond donors (Lipinski definition) is 2. The SMILES string of the molecule is C[C@@H]1CN(C(=O)c2ccccc2CSc2nc3ccccc3[nH]2)C[C@H]1C(=O)O. The van der Waals surface area contributed by atoms with E-state index < -0.39 is 11.9 Å². The standard InChI is InChI=1S/C21H21N3O3S/c1-13-10-24(11-16(13)20(26)27)19(25)15-7-3-2-6-14(15)12-28-21-22-17-8-4-5-9-18(17)23-21/h2-9,13,16H,10-12H2,1H3,(H,22,23)(H,26,27)/t13-,16-/m1/s1. The first kappa shape index (κ1) is 18.6.